The molecule has 0 bridgehead atoms. The molecule has 1 N–H and O–H groups in total. The first-order chi connectivity index (χ1) is 12.6. The summed E-state index contributed by atoms with van der Waals surface area (Å²) in [6, 6.07) is 15.3. The van der Waals surface area contributed by atoms with E-state index in [1.54, 1.807) is 30.2 Å². The maximum Gasteiger partial charge on any atom is 0.291 e. The fraction of sp³-hybridized carbons (Fsp3) is 0.200. The van der Waals surface area contributed by atoms with Gasteiger partial charge in [-0.2, -0.15) is 0 Å². The minimum absolute atomic E-state index is 0.249. The van der Waals surface area contributed by atoms with Crippen molar-refractivity contribution >= 4 is 23.4 Å². The number of amides is 1. The van der Waals surface area contributed by atoms with Gasteiger partial charge in [-0.1, -0.05) is 23.9 Å². The van der Waals surface area contributed by atoms with Crippen molar-refractivity contribution in [2.45, 2.75) is 17.4 Å². The molecule has 0 spiro atoms. The molecule has 0 saturated carbocycles. The zero-order valence-electron chi connectivity index (χ0n) is 14.8. The smallest absolute Gasteiger partial charge is 0.291 e. The molecule has 0 aliphatic heterocycles. The molecular weight excluding hydrogens is 346 g/mol. The monoisotopic (exact) mass is 367 g/mol. The lowest BCUT2D eigenvalue weighted by Gasteiger charge is -2.10. The van der Waals surface area contributed by atoms with Gasteiger partial charge in [0, 0.05) is 30.4 Å². The summed E-state index contributed by atoms with van der Waals surface area (Å²) in [5, 5.41) is 3.58. The molecule has 1 aromatic carbocycles. The van der Waals surface area contributed by atoms with Crippen molar-refractivity contribution in [2.75, 3.05) is 19.4 Å². The Kier molecular flexibility index (Phi) is 6.09. The molecule has 1 amide bonds. The van der Waals surface area contributed by atoms with Crippen molar-refractivity contribution < 1.29 is 9.21 Å². The Morgan fingerprint density at radius 2 is 1.77 bits per heavy atom. The molecule has 0 radical (unpaired) electrons. The van der Waals surface area contributed by atoms with Gasteiger partial charge in [0.05, 0.1) is 0 Å². The van der Waals surface area contributed by atoms with Gasteiger partial charge in [0.2, 0.25) is 0 Å². The molecule has 3 aromatic rings. The van der Waals surface area contributed by atoms with E-state index in [0.29, 0.717) is 10.9 Å². The number of nitrogens with zero attached hydrogens (tertiary/aromatic N) is 2. The number of thioether (sulfide) groups is 1. The summed E-state index contributed by atoms with van der Waals surface area (Å²) in [7, 11) is 4.05. The molecule has 134 valence electrons. The number of pyridine rings is 1. The van der Waals surface area contributed by atoms with E-state index in [0.717, 1.165) is 23.5 Å². The van der Waals surface area contributed by atoms with E-state index in [1.807, 2.05) is 56.6 Å². The van der Waals surface area contributed by atoms with Gasteiger partial charge >= 0.3 is 0 Å². The molecule has 3 rings (SSSR count). The van der Waals surface area contributed by atoms with Gasteiger partial charge in [-0.25, -0.2) is 0 Å². The fourth-order valence-corrected chi connectivity index (χ4v) is 3.22. The van der Waals surface area contributed by atoms with Crippen LogP contribution in [0.15, 0.2) is 70.4 Å². The Bertz CT molecular complexity index is 845. The number of furan rings is 1. The molecule has 26 heavy (non-hydrogen) atoms. The summed E-state index contributed by atoms with van der Waals surface area (Å²) < 4.78 is 5.64. The van der Waals surface area contributed by atoms with Gasteiger partial charge in [-0.05, 0) is 61.6 Å². The van der Waals surface area contributed by atoms with Crippen LogP contribution in [-0.2, 0) is 12.3 Å². The molecule has 0 fully saturated rings. The number of benzene rings is 1. The van der Waals surface area contributed by atoms with Gasteiger partial charge in [-0.15, -0.1) is 0 Å². The third kappa shape index (κ3) is 5.21. The number of anilines is 1. The van der Waals surface area contributed by atoms with Crippen LogP contribution in [0.2, 0.25) is 0 Å². The van der Waals surface area contributed by atoms with Crippen LogP contribution in [-0.4, -0.2) is 29.9 Å². The van der Waals surface area contributed by atoms with Crippen LogP contribution in [0.3, 0.4) is 0 Å². The van der Waals surface area contributed by atoms with Gasteiger partial charge < -0.3 is 14.6 Å². The maximum absolute atomic E-state index is 12.3. The molecule has 5 nitrogen and oxygen atoms in total. The summed E-state index contributed by atoms with van der Waals surface area (Å²) in [4.78, 5) is 18.4. The van der Waals surface area contributed by atoms with E-state index < -0.39 is 0 Å². The second kappa shape index (κ2) is 8.69. The van der Waals surface area contributed by atoms with E-state index in [4.69, 9.17) is 4.42 Å². The highest BCUT2D eigenvalue weighted by molar-refractivity contribution is 7.98. The first kappa shape index (κ1) is 18.2. The third-order valence-corrected chi connectivity index (χ3v) is 4.63. The van der Waals surface area contributed by atoms with Crippen molar-refractivity contribution in [2.24, 2.45) is 0 Å². The summed E-state index contributed by atoms with van der Waals surface area (Å²) >= 11 is 1.55. The second-order valence-corrected chi connectivity index (χ2v) is 7.13. The molecule has 0 unspecified atom stereocenters. The van der Waals surface area contributed by atoms with Crippen LogP contribution >= 0.6 is 11.8 Å². The van der Waals surface area contributed by atoms with Crippen LogP contribution in [0.1, 0.15) is 21.7 Å². The number of rotatable bonds is 7. The van der Waals surface area contributed by atoms with E-state index in [9.17, 15) is 4.79 Å². The van der Waals surface area contributed by atoms with E-state index in [1.165, 1.54) is 5.56 Å². The minimum atomic E-state index is -0.249. The quantitative estimate of drug-likeness (QED) is 0.632. The minimum Gasteiger partial charge on any atom is -0.445 e. The van der Waals surface area contributed by atoms with Crippen molar-refractivity contribution in [1.29, 1.82) is 0 Å². The SMILES string of the molecule is CN(C)Cc1ccc(NC(=O)c2ccc(SCc3ccncc3)o2)cc1. The summed E-state index contributed by atoms with van der Waals surface area (Å²) in [5.74, 6) is 0.825. The molecule has 0 atom stereocenters. The van der Waals surface area contributed by atoms with Crippen molar-refractivity contribution in [1.82, 2.24) is 9.88 Å². The van der Waals surface area contributed by atoms with E-state index >= 15 is 0 Å². The number of carbonyl (C=O) groups excluding carboxylic acids is 1. The maximum atomic E-state index is 12.3. The fourth-order valence-electron chi connectivity index (χ4n) is 2.40. The molecule has 0 aliphatic carbocycles. The van der Waals surface area contributed by atoms with Gasteiger partial charge in [0.1, 0.15) is 0 Å². The van der Waals surface area contributed by atoms with Gasteiger partial charge in [0.25, 0.3) is 5.91 Å². The van der Waals surface area contributed by atoms with Crippen LogP contribution in [0, 0.1) is 0 Å². The molecular formula is C20H21N3O2S. The Hall–Kier alpha value is -2.57. The van der Waals surface area contributed by atoms with Crippen molar-refractivity contribution in [3.05, 3.63) is 77.8 Å². The number of hydrogen-bond donors (Lipinski definition) is 1. The Balaban J connectivity index is 1.56. The first-order valence-electron chi connectivity index (χ1n) is 8.27. The summed E-state index contributed by atoms with van der Waals surface area (Å²) in [5.41, 5.74) is 3.10. The average Bonchev–Trinajstić information content (AvgIpc) is 3.11. The van der Waals surface area contributed by atoms with Crippen LogP contribution in [0.5, 0.6) is 0 Å². The number of aromatic nitrogens is 1. The van der Waals surface area contributed by atoms with Gasteiger partial charge in [-0.3, -0.25) is 9.78 Å². The third-order valence-electron chi connectivity index (χ3n) is 3.65. The number of nitrogens with one attached hydrogen (secondary N) is 1. The Morgan fingerprint density at radius 1 is 1.04 bits per heavy atom. The molecule has 2 heterocycles. The highest BCUT2D eigenvalue weighted by Gasteiger charge is 2.12. The summed E-state index contributed by atoms with van der Waals surface area (Å²) in [6.07, 6.45) is 3.53. The Morgan fingerprint density at radius 3 is 2.46 bits per heavy atom. The standard InChI is InChI=1S/C20H21N3O2S/c1-23(2)13-15-3-5-17(6-4-15)22-20(24)18-7-8-19(25-18)26-14-16-9-11-21-12-10-16/h3-12H,13-14H2,1-2H3,(H,22,24). The molecule has 0 saturated heterocycles. The normalized spacial score (nSPS) is 10.9. The van der Waals surface area contributed by atoms with Crippen molar-refractivity contribution in [3.8, 4) is 0 Å². The topological polar surface area (TPSA) is 58.4 Å². The molecule has 2 aromatic heterocycles. The predicted octanol–water partition coefficient (Wildman–Crippen LogP) is 4.28. The molecule has 6 heteroatoms. The second-order valence-electron chi connectivity index (χ2n) is 6.15. The van der Waals surface area contributed by atoms with Crippen LogP contribution < -0.4 is 5.32 Å². The van der Waals surface area contributed by atoms with E-state index in [2.05, 4.69) is 15.2 Å². The lowest BCUT2D eigenvalue weighted by atomic mass is 10.2. The van der Waals surface area contributed by atoms with Crippen LogP contribution in [0.4, 0.5) is 5.69 Å². The zero-order chi connectivity index (χ0) is 18.4. The van der Waals surface area contributed by atoms with Gasteiger partial charge in [0.15, 0.2) is 10.9 Å². The zero-order valence-corrected chi connectivity index (χ0v) is 15.6. The number of carbonyl (C=O) groups is 1. The lowest BCUT2D eigenvalue weighted by Crippen LogP contribution is -2.12. The Labute approximate surface area is 157 Å². The largest absolute Gasteiger partial charge is 0.445 e. The first-order valence-corrected chi connectivity index (χ1v) is 9.25. The average molecular weight is 367 g/mol. The predicted molar refractivity (Wildman–Crippen MR) is 104 cm³/mol. The highest BCUT2D eigenvalue weighted by Crippen LogP contribution is 2.25. The number of hydrogen-bond acceptors (Lipinski definition) is 5. The lowest BCUT2D eigenvalue weighted by molar-refractivity contribution is 0.0992. The summed E-state index contributed by atoms with van der Waals surface area (Å²) in [6.45, 7) is 0.866. The van der Waals surface area contributed by atoms with Crippen LogP contribution in [0.25, 0.3) is 0 Å². The van der Waals surface area contributed by atoms with Crippen molar-refractivity contribution in [3.63, 3.8) is 0 Å². The van der Waals surface area contributed by atoms with E-state index in [-0.39, 0.29) is 5.91 Å². The molecule has 0 aliphatic rings. The highest BCUT2D eigenvalue weighted by atomic mass is 32.2.